The van der Waals surface area contributed by atoms with Gasteiger partial charge in [-0.05, 0) is 7.05 Å². The lowest BCUT2D eigenvalue weighted by molar-refractivity contribution is 0.754. The van der Waals surface area contributed by atoms with Crippen molar-refractivity contribution in [2.45, 2.75) is 6.54 Å². The second-order valence-corrected chi connectivity index (χ2v) is 3.51. The molecule has 84 valence electrons. The third kappa shape index (κ3) is 2.17. The van der Waals surface area contributed by atoms with Crippen LogP contribution in [0.1, 0.15) is 5.82 Å². The van der Waals surface area contributed by atoms with E-state index in [-0.39, 0.29) is 5.56 Å². The van der Waals surface area contributed by atoms with E-state index in [1.54, 1.807) is 17.9 Å². The van der Waals surface area contributed by atoms with Crippen LogP contribution in [0.15, 0.2) is 23.3 Å². The minimum Gasteiger partial charge on any atom is -0.313 e. The molecule has 2 N–H and O–H groups in total. The first kappa shape index (κ1) is 10.6. The van der Waals surface area contributed by atoms with Gasteiger partial charge in [-0.15, -0.1) is 0 Å². The van der Waals surface area contributed by atoms with Crippen molar-refractivity contribution in [3.63, 3.8) is 0 Å². The van der Waals surface area contributed by atoms with E-state index in [4.69, 9.17) is 0 Å². The summed E-state index contributed by atoms with van der Waals surface area (Å²) in [5.41, 5.74) is 1.33. The Labute approximate surface area is 92.3 Å². The van der Waals surface area contributed by atoms with Crippen molar-refractivity contribution < 1.29 is 0 Å². The van der Waals surface area contributed by atoms with Crippen molar-refractivity contribution in [1.82, 2.24) is 25.1 Å². The molecule has 2 heterocycles. The van der Waals surface area contributed by atoms with Gasteiger partial charge in [-0.3, -0.25) is 9.48 Å². The van der Waals surface area contributed by atoms with E-state index in [1.165, 1.54) is 6.07 Å². The molecule has 0 unspecified atom stereocenters. The van der Waals surface area contributed by atoms with Crippen LogP contribution in [0.5, 0.6) is 0 Å². The molecular weight excluding hydrogens is 206 g/mol. The van der Waals surface area contributed by atoms with Gasteiger partial charge in [0.15, 0.2) is 0 Å². The summed E-state index contributed by atoms with van der Waals surface area (Å²) < 4.78 is 1.68. The lowest BCUT2D eigenvalue weighted by Crippen LogP contribution is -2.16. The summed E-state index contributed by atoms with van der Waals surface area (Å²) in [6.07, 6.45) is 3.51. The predicted molar refractivity (Wildman–Crippen MR) is 59.8 cm³/mol. The molecular formula is C10H13N5O. The highest BCUT2D eigenvalue weighted by molar-refractivity contribution is 5.56. The molecule has 0 radical (unpaired) electrons. The first-order chi connectivity index (χ1) is 7.69. The van der Waals surface area contributed by atoms with Crippen LogP contribution in [-0.4, -0.2) is 26.8 Å². The zero-order valence-corrected chi connectivity index (χ0v) is 9.19. The number of hydrogen-bond acceptors (Lipinski definition) is 4. The Morgan fingerprint density at radius 3 is 3.00 bits per heavy atom. The number of rotatable bonds is 3. The smallest absolute Gasteiger partial charge is 0.251 e. The van der Waals surface area contributed by atoms with E-state index in [0.717, 1.165) is 5.56 Å². The molecule has 2 rings (SSSR count). The number of H-pyrrole nitrogens is 1. The molecule has 2 aromatic heterocycles. The lowest BCUT2D eigenvalue weighted by atomic mass is 10.2. The number of aryl methyl sites for hydroxylation is 1. The van der Waals surface area contributed by atoms with Gasteiger partial charge >= 0.3 is 0 Å². The number of aromatic nitrogens is 4. The lowest BCUT2D eigenvalue weighted by Gasteiger charge is -2.01. The SMILES string of the molecule is CNCc1nc(-c2cnn(C)c2)cc(=O)[nH]1. The van der Waals surface area contributed by atoms with Crippen LogP contribution in [-0.2, 0) is 13.6 Å². The minimum absolute atomic E-state index is 0.154. The van der Waals surface area contributed by atoms with Gasteiger partial charge in [0, 0.05) is 24.9 Å². The van der Waals surface area contributed by atoms with Crippen molar-refractivity contribution in [3.05, 3.63) is 34.6 Å². The normalized spacial score (nSPS) is 10.6. The molecule has 0 spiro atoms. The molecule has 0 saturated carbocycles. The Morgan fingerprint density at radius 1 is 1.56 bits per heavy atom. The van der Waals surface area contributed by atoms with Crippen LogP contribution in [0.25, 0.3) is 11.3 Å². The third-order valence-corrected chi connectivity index (χ3v) is 2.14. The van der Waals surface area contributed by atoms with E-state index in [0.29, 0.717) is 18.1 Å². The van der Waals surface area contributed by atoms with Gasteiger partial charge in [0.1, 0.15) is 5.82 Å². The average molecular weight is 219 g/mol. The van der Waals surface area contributed by atoms with Gasteiger partial charge < -0.3 is 10.3 Å². The third-order valence-electron chi connectivity index (χ3n) is 2.14. The summed E-state index contributed by atoms with van der Waals surface area (Å²) in [5.74, 6) is 0.619. The van der Waals surface area contributed by atoms with Gasteiger partial charge in [0.05, 0.1) is 18.4 Å². The zero-order valence-electron chi connectivity index (χ0n) is 9.19. The number of nitrogens with one attached hydrogen (secondary N) is 2. The first-order valence-corrected chi connectivity index (χ1v) is 4.93. The van der Waals surface area contributed by atoms with E-state index in [1.807, 2.05) is 13.2 Å². The number of nitrogens with zero attached hydrogens (tertiary/aromatic N) is 3. The van der Waals surface area contributed by atoms with E-state index in [2.05, 4.69) is 20.4 Å². The Balaban J connectivity index is 2.44. The standard InChI is InChI=1S/C10H13N5O/c1-11-5-9-13-8(3-10(16)14-9)7-4-12-15(2)6-7/h3-4,6,11H,5H2,1-2H3,(H,13,14,16). The van der Waals surface area contributed by atoms with Crippen molar-refractivity contribution in [2.24, 2.45) is 7.05 Å². The summed E-state index contributed by atoms with van der Waals surface area (Å²) in [5, 5.41) is 6.99. The molecule has 16 heavy (non-hydrogen) atoms. The molecule has 0 aliphatic rings. The molecule has 2 aromatic rings. The Kier molecular flexibility index (Phi) is 2.82. The summed E-state index contributed by atoms with van der Waals surface area (Å²) in [6.45, 7) is 0.531. The van der Waals surface area contributed by atoms with E-state index >= 15 is 0 Å². The monoisotopic (exact) mass is 219 g/mol. The van der Waals surface area contributed by atoms with Crippen LogP contribution in [0.3, 0.4) is 0 Å². The maximum absolute atomic E-state index is 11.4. The Hall–Kier alpha value is -1.95. The second-order valence-electron chi connectivity index (χ2n) is 3.51. The fourth-order valence-electron chi connectivity index (χ4n) is 1.46. The van der Waals surface area contributed by atoms with E-state index in [9.17, 15) is 4.79 Å². The first-order valence-electron chi connectivity index (χ1n) is 4.93. The largest absolute Gasteiger partial charge is 0.313 e. The minimum atomic E-state index is -0.154. The van der Waals surface area contributed by atoms with Crippen molar-refractivity contribution in [2.75, 3.05) is 7.05 Å². The highest BCUT2D eigenvalue weighted by Crippen LogP contribution is 2.13. The molecule has 6 heteroatoms. The van der Waals surface area contributed by atoms with Crippen LogP contribution < -0.4 is 10.9 Å². The summed E-state index contributed by atoms with van der Waals surface area (Å²) in [7, 11) is 3.63. The van der Waals surface area contributed by atoms with Crippen molar-refractivity contribution in [3.8, 4) is 11.3 Å². The topological polar surface area (TPSA) is 75.6 Å². The molecule has 0 atom stereocenters. The maximum atomic E-state index is 11.4. The van der Waals surface area contributed by atoms with Gasteiger partial charge in [0.25, 0.3) is 5.56 Å². The van der Waals surface area contributed by atoms with Crippen molar-refractivity contribution >= 4 is 0 Å². The quantitative estimate of drug-likeness (QED) is 0.755. The van der Waals surface area contributed by atoms with Gasteiger partial charge in [0.2, 0.25) is 0 Å². The van der Waals surface area contributed by atoms with Gasteiger partial charge in [-0.1, -0.05) is 0 Å². The summed E-state index contributed by atoms with van der Waals surface area (Å²) in [6, 6.07) is 1.47. The zero-order chi connectivity index (χ0) is 11.5. The van der Waals surface area contributed by atoms with Crippen LogP contribution >= 0.6 is 0 Å². The molecule has 0 amide bonds. The maximum Gasteiger partial charge on any atom is 0.251 e. The molecule has 0 bridgehead atoms. The summed E-state index contributed by atoms with van der Waals surface area (Å²) >= 11 is 0. The fraction of sp³-hybridized carbons (Fsp3) is 0.300. The van der Waals surface area contributed by atoms with Crippen LogP contribution in [0, 0.1) is 0 Å². The van der Waals surface area contributed by atoms with Gasteiger partial charge in [-0.25, -0.2) is 4.98 Å². The van der Waals surface area contributed by atoms with E-state index < -0.39 is 0 Å². The molecule has 0 aliphatic carbocycles. The van der Waals surface area contributed by atoms with Crippen molar-refractivity contribution in [1.29, 1.82) is 0 Å². The molecule has 0 fully saturated rings. The predicted octanol–water partition coefficient (Wildman–Crippen LogP) is -0.110. The highest BCUT2D eigenvalue weighted by atomic mass is 16.1. The molecule has 6 nitrogen and oxygen atoms in total. The second kappa shape index (κ2) is 4.28. The van der Waals surface area contributed by atoms with Gasteiger partial charge in [-0.2, -0.15) is 5.10 Å². The number of aromatic amines is 1. The Morgan fingerprint density at radius 2 is 2.38 bits per heavy atom. The molecule has 0 aromatic carbocycles. The molecule has 0 aliphatic heterocycles. The summed E-state index contributed by atoms with van der Waals surface area (Å²) in [4.78, 5) is 18.4. The molecule has 0 saturated heterocycles. The highest BCUT2D eigenvalue weighted by Gasteiger charge is 2.05. The Bertz CT molecular complexity index is 542. The average Bonchev–Trinajstić information content (AvgIpc) is 2.64. The van der Waals surface area contributed by atoms with Crippen LogP contribution in [0.2, 0.25) is 0 Å². The fourth-order valence-corrected chi connectivity index (χ4v) is 1.46. The van der Waals surface area contributed by atoms with Crippen LogP contribution in [0.4, 0.5) is 0 Å². The number of hydrogen-bond donors (Lipinski definition) is 2.